The molecule has 5 nitrogen and oxygen atoms in total. The molecule has 1 aromatic heterocycles. The molecule has 4 atom stereocenters. The summed E-state index contributed by atoms with van der Waals surface area (Å²) in [6.07, 6.45) is 6.75. The molecule has 0 unspecified atom stereocenters. The molecule has 1 saturated heterocycles. The molecule has 0 amide bonds. The molecule has 3 heterocycles. The standard InChI is InChI=1S/C35H34N2O3/c38-28-14-13-25-17-29-35(39)18-26-27(24-9-5-2-6-10-24)21-37(20-22-7-3-1-4-8-22)31(26)33-34(35,30(25)32(28)40-33)15-16-36(29)19-23-11-12-23/h1-10,13-14,21,23,29,33,38-39H,11-12,15-20H2/t29-,33-,34-,35+/m0/s1. The third kappa shape index (κ3) is 2.94. The number of rotatable bonds is 5. The summed E-state index contributed by atoms with van der Waals surface area (Å²) in [4.78, 5) is 2.60. The van der Waals surface area contributed by atoms with Gasteiger partial charge in [-0.05, 0) is 66.5 Å². The van der Waals surface area contributed by atoms with E-state index in [1.165, 1.54) is 40.7 Å². The van der Waals surface area contributed by atoms with Crippen LogP contribution in [-0.2, 0) is 24.8 Å². The summed E-state index contributed by atoms with van der Waals surface area (Å²) < 4.78 is 9.28. The summed E-state index contributed by atoms with van der Waals surface area (Å²) in [5.41, 5.74) is 6.68. The van der Waals surface area contributed by atoms with Crippen molar-refractivity contribution >= 4 is 0 Å². The summed E-state index contributed by atoms with van der Waals surface area (Å²) >= 11 is 0. The van der Waals surface area contributed by atoms with E-state index in [-0.39, 0.29) is 17.9 Å². The average molecular weight is 531 g/mol. The molecule has 3 aromatic carbocycles. The number of benzene rings is 3. The molecule has 2 N–H and O–H groups in total. The summed E-state index contributed by atoms with van der Waals surface area (Å²) in [5, 5.41) is 24.3. The zero-order chi connectivity index (χ0) is 26.6. The molecule has 40 heavy (non-hydrogen) atoms. The second-order valence-corrected chi connectivity index (χ2v) is 12.8. The van der Waals surface area contributed by atoms with Crippen molar-refractivity contribution < 1.29 is 14.9 Å². The largest absolute Gasteiger partial charge is 0.504 e. The molecule has 0 radical (unpaired) electrons. The van der Waals surface area contributed by atoms with Gasteiger partial charge in [0.15, 0.2) is 17.6 Å². The zero-order valence-corrected chi connectivity index (χ0v) is 22.6. The fraction of sp³-hybridized carbons (Fsp3) is 0.371. The first-order valence-corrected chi connectivity index (χ1v) is 14.9. The second kappa shape index (κ2) is 8.02. The summed E-state index contributed by atoms with van der Waals surface area (Å²) in [5.74, 6) is 1.54. The Kier molecular flexibility index (Phi) is 4.65. The molecule has 3 aliphatic carbocycles. The molecule has 5 aliphatic rings. The fourth-order valence-electron chi connectivity index (χ4n) is 8.81. The molecule has 9 rings (SSSR count). The fourth-order valence-corrected chi connectivity index (χ4v) is 8.81. The van der Waals surface area contributed by atoms with Crippen LogP contribution >= 0.6 is 0 Å². The first kappa shape index (κ1) is 23.2. The first-order chi connectivity index (χ1) is 19.6. The van der Waals surface area contributed by atoms with Crippen LogP contribution in [0.4, 0.5) is 0 Å². The van der Waals surface area contributed by atoms with E-state index in [0.717, 1.165) is 49.7 Å². The number of hydrogen-bond donors (Lipinski definition) is 2. The van der Waals surface area contributed by atoms with Crippen molar-refractivity contribution in [3.63, 3.8) is 0 Å². The van der Waals surface area contributed by atoms with E-state index in [0.29, 0.717) is 12.2 Å². The van der Waals surface area contributed by atoms with Gasteiger partial charge in [0.2, 0.25) is 0 Å². The first-order valence-electron chi connectivity index (χ1n) is 14.9. The number of hydrogen-bond acceptors (Lipinski definition) is 4. The van der Waals surface area contributed by atoms with E-state index < -0.39 is 11.0 Å². The minimum absolute atomic E-state index is 0.0326. The van der Waals surface area contributed by atoms with E-state index in [4.69, 9.17) is 4.74 Å². The lowest BCUT2D eigenvalue weighted by atomic mass is 9.49. The van der Waals surface area contributed by atoms with Crippen molar-refractivity contribution in [2.24, 2.45) is 5.92 Å². The predicted molar refractivity (Wildman–Crippen MR) is 154 cm³/mol. The number of phenolic OH excluding ortho intramolecular Hbond substituents is 1. The van der Waals surface area contributed by atoms with Crippen LogP contribution in [0.15, 0.2) is 79.0 Å². The maximum absolute atomic E-state index is 13.2. The molecule has 1 saturated carbocycles. The number of fused-ring (bicyclic) bond motifs is 2. The number of aromatic hydroxyl groups is 1. The highest BCUT2D eigenvalue weighted by molar-refractivity contribution is 5.73. The molecule has 2 bridgehead atoms. The summed E-state index contributed by atoms with van der Waals surface area (Å²) in [6.45, 7) is 2.76. The monoisotopic (exact) mass is 530 g/mol. The molecular weight excluding hydrogens is 496 g/mol. The third-order valence-electron chi connectivity index (χ3n) is 10.7. The van der Waals surface area contributed by atoms with Gasteiger partial charge in [-0.3, -0.25) is 4.90 Å². The Hall–Kier alpha value is -3.54. The molecular formula is C35H34N2O3. The van der Waals surface area contributed by atoms with Crippen LogP contribution in [0.5, 0.6) is 11.5 Å². The van der Waals surface area contributed by atoms with Crippen LogP contribution in [0.1, 0.15) is 53.3 Å². The van der Waals surface area contributed by atoms with E-state index in [2.05, 4.69) is 82.4 Å². The van der Waals surface area contributed by atoms with Gasteiger partial charge in [-0.15, -0.1) is 0 Å². The second-order valence-electron chi connectivity index (χ2n) is 12.8. The number of aromatic nitrogens is 1. The van der Waals surface area contributed by atoms with Gasteiger partial charge >= 0.3 is 0 Å². The van der Waals surface area contributed by atoms with Gasteiger partial charge < -0.3 is 19.5 Å². The molecule has 4 aromatic rings. The molecule has 5 heteroatoms. The van der Waals surface area contributed by atoms with E-state index >= 15 is 0 Å². The normalized spacial score (nSPS) is 29.5. The molecule has 202 valence electrons. The number of piperidine rings is 1. The highest BCUT2D eigenvalue weighted by Gasteiger charge is 2.73. The number of aliphatic hydroxyl groups is 1. The Balaban J connectivity index is 1.29. The van der Waals surface area contributed by atoms with Crippen molar-refractivity contribution in [2.75, 3.05) is 13.1 Å². The third-order valence-corrected chi connectivity index (χ3v) is 10.7. The Labute approximate surface area is 234 Å². The van der Waals surface area contributed by atoms with E-state index in [1.54, 1.807) is 6.07 Å². The van der Waals surface area contributed by atoms with Crippen LogP contribution in [0.25, 0.3) is 11.1 Å². The number of ether oxygens (including phenoxy) is 1. The minimum atomic E-state index is -0.980. The number of nitrogens with zero attached hydrogens (tertiary/aromatic N) is 2. The van der Waals surface area contributed by atoms with E-state index in [9.17, 15) is 10.2 Å². The highest BCUT2D eigenvalue weighted by atomic mass is 16.5. The van der Waals surface area contributed by atoms with Crippen LogP contribution in [0.2, 0.25) is 0 Å². The smallest absolute Gasteiger partial charge is 0.166 e. The van der Waals surface area contributed by atoms with Crippen molar-refractivity contribution in [3.8, 4) is 22.6 Å². The molecule has 2 aliphatic heterocycles. The van der Waals surface area contributed by atoms with Gasteiger partial charge in [0.1, 0.15) is 0 Å². The quantitative estimate of drug-likeness (QED) is 0.352. The maximum Gasteiger partial charge on any atom is 0.166 e. The van der Waals surface area contributed by atoms with Crippen LogP contribution in [-0.4, -0.2) is 44.4 Å². The summed E-state index contributed by atoms with van der Waals surface area (Å²) in [7, 11) is 0. The predicted octanol–water partition coefficient (Wildman–Crippen LogP) is 5.61. The maximum atomic E-state index is 13.2. The van der Waals surface area contributed by atoms with Gasteiger partial charge in [0.25, 0.3) is 0 Å². The van der Waals surface area contributed by atoms with Crippen LogP contribution in [0, 0.1) is 5.92 Å². The van der Waals surface area contributed by atoms with Crippen LogP contribution < -0.4 is 4.74 Å². The Morgan fingerprint density at radius 3 is 2.50 bits per heavy atom. The number of phenols is 1. The Bertz CT molecular complexity index is 1640. The minimum Gasteiger partial charge on any atom is -0.504 e. The van der Waals surface area contributed by atoms with Crippen LogP contribution in [0.3, 0.4) is 0 Å². The van der Waals surface area contributed by atoms with Gasteiger partial charge in [0, 0.05) is 42.9 Å². The lowest BCUT2D eigenvalue weighted by molar-refractivity contribution is -0.173. The van der Waals surface area contributed by atoms with Crippen molar-refractivity contribution in [1.29, 1.82) is 0 Å². The van der Waals surface area contributed by atoms with Crippen molar-refractivity contribution in [3.05, 3.63) is 107 Å². The molecule has 2 fully saturated rings. The van der Waals surface area contributed by atoms with Gasteiger partial charge in [-0.1, -0.05) is 66.7 Å². The van der Waals surface area contributed by atoms with E-state index in [1.807, 2.05) is 0 Å². The molecule has 1 spiro atoms. The average Bonchev–Trinajstić information content (AvgIpc) is 3.62. The summed E-state index contributed by atoms with van der Waals surface area (Å²) in [6, 6.07) is 25.1. The Morgan fingerprint density at radius 1 is 0.950 bits per heavy atom. The Morgan fingerprint density at radius 2 is 1.73 bits per heavy atom. The van der Waals surface area contributed by atoms with Gasteiger partial charge in [-0.2, -0.15) is 0 Å². The van der Waals surface area contributed by atoms with Crippen molar-refractivity contribution in [1.82, 2.24) is 9.47 Å². The van der Waals surface area contributed by atoms with Crippen molar-refractivity contribution in [2.45, 2.75) is 61.8 Å². The van der Waals surface area contributed by atoms with Gasteiger partial charge in [0.05, 0.1) is 16.7 Å². The van der Waals surface area contributed by atoms with Gasteiger partial charge in [-0.25, -0.2) is 0 Å². The lowest BCUT2D eigenvalue weighted by Crippen LogP contribution is -2.74. The highest BCUT2D eigenvalue weighted by Crippen LogP contribution is 2.69. The number of likely N-dealkylation sites (tertiary alicyclic amines) is 1. The topological polar surface area (TPSA) is 57.9 Å². The lowest BCUT2D eigenvalue weighted by Gasteiger charge is -2.63. The SMILES string of the molecule is Oc1ccc2c3c1O[C@H]1c4c(c(-c5ccccc5)cn4Cc4ccccc4)C[C@@]4(O)[C@H](C2)N(CC2CC2)CC[C@]314. The zero-order valence-electron chi connectivity index (χ0n) is 22.6.